The van der Waals surface area contributed by atoms with Crippen molar-refractivity contribution in [2.45, 2.75) is 45.8 Å². The maximum Gasteiger partial charge on any atom is 0.271 e. The van der Waals surface area contributed by atoms with Crippen molar-refractivity contribution >= 4 is 23.0 Å². The number of benzene rings is 1. The Morgan fingerprint density at radius 3 is 2.58 bits per heavy atom. The first-order valence-electron chi connectivity index (χ1n) is 10.8. The van der Waals surface area contributed by atoms with Gasteiger partial charge in [0.2, 0.25) is 0 Å². The van der Waals surface area contributed by atoms with Gasteiger partial charge in [0, 0.05) is 35.8 Å². The predicted molar refractivity (Wildman–Crippen MR) is 131 cm³/mol. The number of aryl methyl sites for hydroxylation is 1. The molecule has 33 heavy (non-hydrogen) atoms. The summed E-state index contributed by atoms with van der Waals surface area (Å²) in [6, 6.07) is 12.6. The number of pyridine rings is 1. The van der Waals surface area contributed by atoms with Gasteiger partial charge in [-0.15, -0.1) is 0 Å². The van der Waals surface area contributed by atoms with E-state index in [1.807, 2.05) is 36.6 Å². The summed E-state index contributed by atoms with van der Waals surface area (Å²) in [6.45, 7) is 8.25. The van der Waals surface area contributed by atoms with Crippen LogP contribution in [0.1, 0.15) is 48.6 Å². The van der Waals surface area contributed by atoms with Gasteiger partial charge in [-0.1, -0.05) is 6.07 Å². The molecule has 2 atom stereocenters. The van der Waals surface area contributed by atoms with Crippen LogP contribution in [0.3, 0.4) is 0 Å². The van der Waals surface area contributed by atoms with E-state index in [0.29, 0.717) is 16.5 Å². The van der Waals surface area contributed by atoms with E-state index < -0.39 is 4.92 Å². The van der Waals surface area contributed by atoms with Gasteiger partial charge in [-0.25, -0.2) is 0 Å². The summed E-state index contributed by atoms with van der Waals surface area (Å²) in [4.78, 5) is 17.8. The number of non-ortho nitro benzene ring substituents is 1. The molecule has 0 radical (unpaired) electrons. The Balaban J connectivity index is 1.90. The molecular formula is C24H27N5O3S. The average molecular weight is 466 g/mol. The molecule has 9 heteroatoms. The van der Waals surface area contributed by atoms with Crippen molar-refractivity contribution in [3.05, 3.63) is 81.4 Å². The molecule has 0 amide bonds. The van der Waals surface area contributed by atoms with Gasteiger partial charge in [-0.3, -0.25) is 15.1 Å². The van der Waals surface area contributed by atoms with Crippen molar-refractivity contribution in [3.8, 4) is 11.4 Å². The summed E-state index contributed by atoms with van der Waals surface area (Å²) in [5.41, 5.74) is 4.55. The number of methoxy groups -OCH3 is 1. The molecule has 0 saturated carbocycles. The van der Waals surface area contributed by atoms with Crippen LogP contribution in [0.4, 0.5) is 5.69 Å². The van der Waals surface area contributed by atoms with Crippen LogP contribution in [0.15, 0.2) is 48.7 Å². The zero-order valence-electron chi connectivity index (χ0n) is 19.3. The van der Waals surface area contributed by atoms with Crippen LogP contribution in [0.5, 0.6) is 5.75 Å². The van der Waals surface area contributed by atoms with Gasteiger partial charge in [0.25, 0.3) is 5.69 Å². The third-order valence-electron chi connectivity index (χ3n) is 6.09. The van der Waals surface area contributed by atoms with E-state index in [4.69, 9.17) is 17.0 Å². The predicted octanol–water partition coefficient (Wildman–Crippen LogP) is 4.79. The van der Waals surface area contributed by atoms with Crippen LogP contribution < -0.4 is 10.1 Å². The van der Waals surface area contributed by atoms with Crippen LogP contribution in [-0.4, -0.2) is 37.6 Å². The fourth-order valence-corrected chi connectivity index (χ4v) is 5.13. The summed E-state index contributed by atoms with van der Waals surface area (Å²) in [6.07, 6.45) is 1.78. The van der Waals surface area contributed by atoms with E-state index in [1.165, 1.54) is 6.07 Å². The highest BCUT2D eigenvalue weighted by molar-refractivity contribution is 7.80. The minimum absolute atomic E-state index is 0.0127. The van der Waals surface area contributed by atoms with Crippen molar-refractivity contribution in [2.75, 3.05) is 7.11 Å². The maximum absolute atomic E-state index is 11.4. The minimum atomic E-state index is -0.394. The molecule has 2 aromatic heterocycles. The molecule has 1 aromatic carbocycles. The summed E-state index contributed by atoms with van der Waals surface area (Å²) in [7, 11) is 1.57. The van der Waals surface area contributed by atoms with Crippen molar-refractivity contribution in [3.63, 3.8) is 0 Å². The summed E-state index contributed by atoms with van der Waals surface area (Å²) >= 11 is 5.72. The number of nitrogens with zero attached hydrogens (tertiary/aromatic N) is 4. The second-order valence-corrected chi connectivity index (χ2v) is 8.79. The smallest absolute Gasteiger partial charge is 0.271 e. The Labute approximate surface area is 198 Å². The molecule has 1 aliphatic heterocycles. The largest absolute Gasteiger partial charge is 0.495 e. The lowest BCUT2D eigenvalue weighted by molar-refractivity contribution is -0.384. The number of nitro groups is 1. The molecule has 1 fully saturated rings. The first kappa shape index (κ1) is 22.7. The van der Waals surface area contributed by atoms with Crippen molar-refractivity contribution in [1.82, 2.24) is 19.8 Å². The van der Waals surface area contributed by atoms with Gasteiger partial charge in [0.05, 0.1) is 35.5 Å². The standard InChI is InChI=1S/C24H27N5O3S/c1-14(2)27-23(22(26-24(27)33)19-8-6-7-11-25-19)18-12-15(3)28(16(18)4)20-13-17(29(30)31)9-10-21(20)32-5/h6-14,22-23H,1-5H3,(H,26,33)/t22-,23-/m1/s1. The van der Waals surface area contributed by atoms with E-state index >= 15 is 0 Å². The lowest BCUT2D eigenvalue weighted by Gasteiger charge is -2.31. The van der Waals surface area contributed by atoms with Crippen LogP contribution in [-0.2, 0) is 0 Å². The highest BCUT2D eigenvalue weighted by Gasteiger charge is 2.42. The van der Waals surface area contributed by atoms with Gasteiger partial charge >= 0.3 is 0 Å². The molecule has 1 aliphatic rings. The summed E-state index contributed by atoms with van der Waals surface area (Å²) in [5.74, 6) is 0.566. The molecule has 1 N–H and O–H groups in total. The lowest BCUT2D eigenvalue weighted by Crippen LogP contribution is -2.35. The lowest BCUT2D eigenvalue weighted by atomic mass is 9.96. The molecule has 3 heterocycles. The zero-order valence-corrected chi connectivity index (χ0v) is 20.1. The first-order valence-corrected chi connectivity index (χ1v) is 11.2. The molecule has 172 valence electrons. The van der Waals surface area contributed by atoms with Crippen LogP contribution in [0, 0.1) is 24.0 Å². The SMILES string of the molecule is COc1ccc([N+](=O)[O-])cc1-n1c(C)cc([C@@H]2[C@@H](c3ccccn3)NC(=S)N2C(C)C)c1C. The maximum atomic E-state index is 11.4. The van der Waals surface area contributed by atoms with Gasteiger partial charge in [-0.2, -0.15) is 0 Å². The molecule has 1 saturated heterocycles. The Morgan fingerprint density at radius 2 is 1.97 bits per heavy atom. The topological polar surface area (TPSA) is 85.5 Å². The minimum Gasteiger partial charge on any atom is -0.495 e. The third kappa shape index (κ3) is 3.93. The summed E-state index contributed by atoms with van der Waals surface area (Å²) in [5, 5.41) is 15.6. The van der Waals surface area contributed by atoms with Crippen molar-refractivity contribution in [1.29, 1.82) is 0 Å². The Kier molecular flexibility index (Phi) is 6.07. The number of nitro benzene ring substituents is 1. The van der Waals surface area contributed by atoms with Crippen LogP contribution in [0.25, 0.3) is 5.69 Å². The van der Waals surface area contributed by atoms with Gasteiger partial charge < -0.3 is 19.5 Å². The highest BCUT2D eigenvalue weighted by Crippen LogP contribution is 2.43. The Bertz CT molecular complexity index is 1210. The summed E-state index contributed by atoms with van der Waals surface area (Å²) < 4.78 is 7.56. The monoisotopic (exact) mass is 465 g/mol. The molecule has 4 rings (SSSR count). The fraction of sp³-hybridized carbons (Fsp3) is 0.333. The molecular weight excluding hydrogens is 438 g/mol. The number of ether oxygens (including phenoxy) is 1. The number of rotatable bonds is 6. The number of hydrogen-bond donors (Lipinski definition) is 1. The zero-order chi connectivity index (χ0) is 23.9. The van der Waals surface area contributed by atoms with E-state index in [1.54, 1.807) is 25.4 Å². The number of aromatic nitrogens is 2. The normalized spacial score (nSPS) is 18.0. The average Bonchev–Trinajstić information content (AvgIpc) is 3.29. The molecule has 0 aliphatic carbocycles. The van der Waals surface area contributed by atoms with E-state index in [2.05, 4.69) is 35.1 Å². The van der Waals surface area contributed by atoms with E-state index in [9.17, 15) is 10.1 Å². The number of hydrogen-bond acceptors (Lipinski definition) is 5. The van der Waals surface area contributed by atoms with Crippen molar-refractivity contribution in [2.24, 2.45) is 0 Å². The Morgan fingerprint density at radius 1 is 1.21 bits per heavy atom. The number of nitrogens with one attached hydrogen (secondary N) is 1. The second-order valence-electron chi connectivity index (χ2n) is 8.40. The number of thiocarbonyl (C=S) groups is 1. The molecule has 0 bridgehead atoms. The third-order valence-corrected chi connectivity index (χ3v) is 6.42. The van der Waals surface area contributed by atoms with E-state index in [-0.39, 0.29) is 23.8 Å². The Hall–Kier alpha value is -3.46. The molecule has 0 unspecified atom stereocenters. The van der Waals surface area contributed by atoms with Crippen molar-refractivity contribution < 1.29 is 9.66 Å². The molecule has 8 nitrogen and oxygen atoms in total. The van der Waals surface area contributed by atoms with E-state index in [0.717, 1.165) is 22.6 Å². The highest BCUT2D eigenvalue weighted by atomic mass is 32.1. The van der Waals surface area contributed by atoms with Gasteiger partial charge in [0.1, 0.15) is 5.75 Å². The van der Waals surface area contributed by atoms with Gasteiger partial charge in [-0.05, 0) is 69.7 Å². The fourth-order valence-electron chi connectivity index (χ4n) is 4.68. The quantitative estimate of drug-likeness (QED) is 0.318. The first-order chi connectivity index (χ1) is 15.7. The second kappa shape index (κ2) is 8.82. The van der Waals surface area contributed by atoms with Gasteiger partial charge in [0.15, 0.2) is 5.11 Å². The van der Waals surface area contributed by atoms with Crippen LogP contribution >= 0.6 is 12.2 Å². The molecule has 3 aromatic rings. The molecule has 0 spiro atoms. The van der Waals surface area contributed by atoms with Crippen LogP contribution in [0.2, 0.25) is 0 Å².